The maximum atomic E-state index is 13.3. The average Bonchev–Trinajstić information content (AvgIpc) is 3.41. The number of pyridine rings is 1. The van der Waals surface area contributed by atoms with Gasteiger partial charge in [-0.25, -0.2) is 4.68 Å². The molecule has 2 N–H and O–H groups in total. The first-order valence-corrected chi connectivity index (χ1v) is 13.1. The number of methoxy groups -OCH3 is 2. The molecule has 5 aromatic rings. The number of rotatable bonds is 11. The Morgan fingerprint density at radius 3 is 2.23 bits per heavy atom. The van der Waals surface area contributed by atoms with E-state index in [0.717, 1.165) is 23.2 Å². The van der Waals surface area contributed by atoms with Crippen LogP contribution >= 0.6 is 0 Å². The molecule has 39 heavy (non-hydrogen) atoms. The molecule has 2 atom stereocenters. The third-order valence-corrected chi connectivity index (χ3v) is 7.06. The third-order valence-electron chi connectivity index (χ3n) is 7.06. The van der Waals surface area contributed by atoms with Crippen molar-refractivity contribution in [2.24, 2.45) is 0 Å². The van der Waals surface area contributed by atoms with Crippen LogP contribution in [0.4, 0.5) is 0 Å². The Balaban J connectivity index is 1.53. The number of hydrogen-bond acceptors (Lipinski definition) is 6. The van der Waals surface area contributed by atoms with Crippen LogP contribution in [0.15, 0.2) is 83.7 Å². The lowest BCUT2D eigenvalue weighted by Gasteiger charge is -2.27. The molecule has 2 aromatic heterocycles. The average molecular weight is 526 g/mol. The molecule has 0 aliphatic rings. The van der Waals surface area contributed by atoms with E-state index in [0.29, 0.717) is 42.2 Å². The minimum Gasteiger partial charge on any atom is -0.493 e. The van der Waals surface area contributed by atoms with Crippen LogP contribution < -0.4 is 19.9 Å². The van der Waals surface area contributed by atoms with Gasteiger partial charge in [0.2, 0.25) is 5.82 Å². The summed E-state index contributed by atoms with van der Waals surface area (Å²) >= 11 is 0. The predicted octanol–water partition coefficient (Wildman–Crippen LogP) is 3.32. The van der Waals surface area contributed by atoms with Gasteiger partial charge in [0.25, 0.3) is 5.56 Å². The molecular formula is C30H33N6O3+. The molecule has 0 aliphatic carbocycles. The first kappa shape index (κ1) is 26.1. The van der Waals surface area contributed by atoms with Crippen molar-refractivity contribution in [2.75, 3.05) is 14.2 Å². The molecule has 0 saturated heterocycles. The van der Waals surface area contributed by atoms with Gasteiger partial charge < -0.3 is 19.4 Å². The number of nitrogens with zero attached hydrogens (tertiary/aromatic N) is 4. The van der Waals surface area contributed by atoms with Crippen LogP contribution in [0.5, 0.6) is 11.5 Å². The van der Waals surface area contributed by atoms with Crippen molar-refractivity contribution in [1.29, 1.82) is 0 Å². The lowest BCUT2D eigenvalue weighted by molar-refractivity contribution is -0.959. The Kier molecular flexibility index (Phi) is 7.98. The molecule has 2 unspecified atom stereocenters. The van der Waals surface area contributed by atoms with Crippen LogP contribution in [0.3, 0.4) is 0 Å². The number of fused-ring (bicyclic) bond motifs is 1. The van der Waals surface area contributed by atoms with Gasteiger partial charge in [-0.1, -0.05) is 67.6 Å². The molecule has 0 radical (unpaired) electrons. The monoisotopic (exact) mass is 525 g/mol. The summed E-state index contributed by atoms with van der Waals surface area (Å²) in [5.41, 5.74) is 3.56. The molecular weight excluding hydrogens is 492 g/mol. The highest BCUT2D eigenvalue weighted by Gasteiger charge is 2.29. The number of H-pyrrole nitrogens is 1. The quantitative estimate of drug-likeness (QED) is 0.275. The smallest absolute Gasteiger partial charge is 0.257 e. The Morgan fingerprint density at radius 1 is 0.897 bits per heavy atom. The largest absolute Gasteiger partial charge is 0.493 e. The number of aromatic amines is 1. The van der Waals surface area contributed by atoms with Crippen molar-refractivity contribution in [3.05, 3.63) is 112 Å². The highest BCUT2D eigenvalue weighted by atomic mass is 16.5. The summed E-state index contributed by atoms with van der Waals surface area (Å²) in [5.74, 6) is 1.99. The minimum atomic E-state index is -0.126. The van der Waals surface area contributed by atoms with Crippen molar-refractivity contribution in [1.82, 2.24) is 25.2 Å². The summed E-state index contributed by atoms with van der Waals surface area (Å²) in [7, 11) is 3.19. The Labute approximate surface area is 227 Å². The fourth-order valence-electron chi connectivity index (χ4n) is 5.11. The van der Waals surface area contributed by atoms with Crippen molar-refractivity contribution in [2.45, 2.75) is 39.0 Å². The standard InChI is InChI=1S/C30H32N6O3/c1-4-26(29-32-33-34-36(29)19-22-13-9-6-10-14-22)35(18-21-11-7-5-8-12-21)20-24-15-23-16-27(38-2)28(39-3)17-25(23)31-30(24)37/h5-17,26H,4,18-20H2,1-3H3,(H,31,37)/p+1. The Bertz CT molecular complexity index is 1580. The summed E-state index contributed by atoms with van der Waals surface area (Å²) in [6, 6.07) is 26.1. The lowest BCUT2D eigenvalue weighted by Crippen LogP contribution is -3.10. The minimum absolute atomic E-state index is 0.0376. The van der Waals surface area contributed by atoms with E-state index in [2.05, 4.69) is 51.7 Å². The molecule has 9 nitrogen and oxygen atoms in total. The lowest BCUT2D eigenvalue weighted by atomic mass is 10.1. The number of ether oxygens (including phenoxy) is 2. The van der Waals surface area contributed by atoms with Crippen LogP contribution in [0.25, 0.3) is 10.9 Å². The molecule has 2 heterocycles. The molecule has 0 bridgehead atoms. The first-order valence-electron chi connectivity index (χ1n) is 13.1. The second-order valence-electron chi connectivity index (χ2n) is 9.56. The number of quaternary nitrogens is 1. The van der Waals surface area contributed by atoms with E-state index in [1.54, 1.807) is 20.3 Å². The zero-order valence-corrected chi connectivity index (χ0v) is 22.4. The maximum Gasteiger partial charge on any atom is 0.257 e. The highest BCUT2D eigenvalue weighted by Crippen LogP contribution is 2.31. The van der Waals surface area contributed by atoms with Crippen LogP contribution in [-0.2, 0) is 19.6 Å². The normalized spacial score (nSPS) is 12.8. The van der Waals surface area contributed by atoms with E-state index < -0.39 is 0 Å². The third kappa shape index (κ3) is 5.83. The predicted molar refractivity (Wildman–Crippen MR) is 149 cm³/mol. The summed E-state index contributed by atoms with van der Waals surface area (Å²) < 4.78 is 12.8. The number of tetrazole rings is 1. The van der Waals surface area contributed by atoms with Crippen molar-refractivity contribution < 1.29 is 14.4 Å². The van der Waals surface area contributed by atoms with Gasteiger partial charge in [-0.3, -0.25) is 4.79 Å². The van der Waals surface area contributed by atoms with Gasteiger partial charge in [0, 0.05) is 23.4 Å². The second kappa shape index (κ2) is 11.9. The molecule has 0 amide bonds. The van der Waals surface area contributed by atoms with Gasteiger partial charge in [-0.05, 0) is 28.1 Å². The van der Waals surface area contributed by atoms with Crippen LogP contribution in [-0.4, -0.2) is 39.4 Å². The molecule has 3 aromatic carbocycles. The van der Waals surface area contributed by atoms with Crippen LogP contribution in [0.2, 0.25) is 0 Å². The van der Waals surface area contributed by atoms with Crippen molar-refractivity contribution in [3.8, 4) is 11.5 Å². The van der Waals surface area contributed by atoms with Gasteiger partial charge in [0.15, 0.2) is 11.5 Å². The van der Waals surface area contributed by atoms with E-state index in [-0.39, 0.29) is 11.6 Å². The van der Waals surface area contributed by atoms with Crippen molar-refractivity contribution >= 4 is 10.9 Å². The van der Waals surface area contributed by atoms with E-state index in [9.17, 15) is 4.79 Å². The van der Waals surface area contributed by atoms with E-state index >= 15 is 0 Å². The number of nitrogens with one attached hydrogen (secondary N) is 2. The summed E-state index contributed by atoms with van der Waals surface area (Å²) in [5, 5.41) is 13.7. The zero-order chi connectivity index (χ0) is 27.2. The fourth-order valence-corrected chi connectivity index (χ4v) is 5.11. The number of hydrogen-bond donors (Lipinski definition) is 2. The topological polar surface area (TPSA) is 99.4 Å². The van der Waals surface area contributed by atoms with Gasteiger partial charge in [-0.15, -0.1) is 5.10 Å². The molecule has 0 aliphatic heterocycles. The van der Waals surface area contributed by atoms with E-state index in [1.807, 2.05) is 53.2 Å². The van der Waals surface area contributed by atoms with Crippen LogP contribution in [0, 0.1) is 0 Å². The number of aromatic nitrogens is 5. The van der Waals surface area contributed by atoms with E-state index in [1.165, 1.54) is 10.5 Å². The molecule has 0 fully saturated rings. The molecule has 0 spiro atoms. The molecule has 0 saturated carbocycles. The first-order chi connectivity index (χ1) is 19.1. The summed E-state index contributed by atoms with van der Waals surface area (Å²) in [4.78, 5) is 17.5. The summed E-state index contributed by atoms with van der Waals surface area (Å²) in [6.45, 7) is 3.92. The van der Waals surface area contributed by atoms with Gasteiger partial charge in [0.05, 0.1) is 31.8 Å². The van der Waals surface area contributed by atoms with Gasteiger partial charge >= 0.3 is 0 Å². The zero-order valence-electron chi connectivity index (χ0n) is 22.4. The fraction of sp³-hybridized carbons (Fsp3) is 0.267. The molecule has 5 rings (SSSR count). The van der Waals surface area contributed by atoms with Gasteiger partial charge in [-0.2, -0.15) is 0 Å². The summed E-state index contributed by atoms with van der Waals surface area (Å²) in [6.07, 6.45) is 0.799. The highest BCUT2D eigenvalue weighted by molar-refractivity contribution is 5.83. The Morgan fingerprint density at radius 2 is 1.56 bits per heavy atom. The van der Waals surface area contributed by atoms with Crippen molar-refractivity contribution in [3.63, 3.8) is 0 Å². The molecule has 200 valence electrons. The molecule has 9 heteroatoms. The maximum absolute atomic E-state index is 13.3. The van der Waals surface area contributed by atoms with Crippen LogP contribution in [0.1, 0.15) is 41.9 Å². The van der Waals surface area contributed by atoms with Gasteiger partial charge in [0.1, 0.15) is 19.1 Å². The van der Waals surface area contributed by atoms with E-state index in [4.69, 9.17) is 9.47 Å². The second-order valence-corrected chi connectivity index (χ2v) is 9.56. The Hall–Kier alpha value is -4.50. The number of benzene rings is 3. The SMILES string of the molecule is CCC(c1nnnn1Cc1ccccc1)[NH+](Cc1ccccc1)Cc1cc2cc(OC)c(OC)cc2[nH]c1=O.